The second-order valence-electron chi connectivity index (χ2n) is 6.25. The molecule has 132 valence electrons. The Balaban J connectivity index is 1.92. The number of hydrogen-bond acceptors (Lipinski definition) is 4. The minimum Gasteiger partial charge on any atom is -0.302 e. The Morgan fingerprint density at radius 2 is 2.00 bits per heavy atom. The fourth-order valence-corrected chi connectivity index (χ4v) is 3.84. The second kappa shape index (κ2) is 7.81. The number of benzene rings is 1. The lowest BCUT2D eigenvalue weighted by molar-refractivity contribution is 0.498. The van der Waals surface area contributed by atoms with E-state index in [4.69, 9.17) is 23.2 Å². The minimum atomic E-state index is 0.457. The van der Waals surface area contributed by atoms with Gasteiger partial charge in [-0.2, -0.15) is 5.10 Å². The van der Waals surface area contributed by atoms with Crippen molar-refractivity contribution in [2.75, 3.05) is 0 Å². The number of aryl methyl sites for hydroxylation is 1. The predicted molar refractivity (Wildman–Crippen MR) is 103 cm³/mol. The topological polar surface area (TPSA) is 48.5 Å². The van der Waals surface area contributed by atoms with Crippen LogP contribution in [-0.2, 0) is 19.3 Å². The highest BCUT2D eigenvalue weighted by Crippen LogP contribution is 2.32. The van der Waals surface area contributed by atoms with E-state index in [9.17, 15) is 0 Å². The molecular weight excluding hydrogens is 377 g/mol. The van der Waals surface area contributed by atoms with Gasteiger partial charge >= 0.3 is 0 Å². The van der Waals surface area contributed by atoms with E-state index in [0.29, 0.717) is 16.0 Å². The molecule has 2 heterocycles. The van der Waals surface area contributed by atoms with Crippen molar-refractivity contribution in [1.29, 1.82) is 0 Å². The molecule has 0 aliphatic rings. The fraction of sp³-hybridized carbons (Fsp3) is 0.353. The Kier molecular flexibility index (Phi) is 5.71. The largest absolute Gasteiger partial charge is 0.302 e. The van der Waals surface area contributed by atoms with Gasteiger partial charge in [-0.25, -0.2) is 0 Å². The summed E-state index contributed by atoms with van der Waals surface area (Å²) in [7, 11) is 1.91. The predicted octanol–water partition coefficient (Wildman–Crippen LogP) is 4.93. The summed E-state index contributed by atoms with van der Waals surface area (Å²) in [6, 6.07) is 5.44. The van der Waals surface area contributed by atoms with E-state index in [1.807, 2.05) is 31.6 Å². The zero-order valence-corrected chi connectivity index (χ0v) is 16.6. The average Bonchev–Trinajstić information content (AvgIpc) is 3.12. The van der Waals surface area contributed by atoms with Crippen LogP contribution in [0.3, 0.4) is 0 Å². The van der Waals surface area contributed by atoms with Crippen LogP contribution in [0.25, 0.3) is 11.4 Å². The number of nitrogens with zero attached hydrogens (tertiary/aromatic N) is 5. The number of rotatable bonds is 6. The highest BCUT2D eigenvalue weighted by atomic mass is 35.5. The van der Waals surface area contributed by atoms with Crippen molar-refractivity contribution in [3.05, 3.63) is 46.2 Å². The summed E-state index contributed by atoms with van der Waals surface area (Å²) in [5, 5.41) is 15.0. The molecule has 0 saturated heterocycles. The Hall–Kier alpha value is -1.50. The van der Waals surface area contributed by atoms with E-state index >= 15 is 0 Å². The van der Waals surface area contributed by atoms with Crippen LogP contribution in [0.2, 0.25) is 10.0 Å². The molecule has 2 aromatic heterocycles. The van der Waals surface area contributed by atoms with E-state index in [1.54, 1.807) is 22.5 Å². The standard InChI is InChI=1S/C17H19Cl2N5S/c1-11(2)8-24-16(14-5-4-13(18)6-15(14)19)21-22-17(24)25-10-12-7-20-23(3)9-12/h4-7,9,11H,8,10H2,1-3H3. The maximum absolute atomic E-state index is 6.37. The molecule has 25 heavy (non-hydrogen) atoms. The number of aromatic nitrogens is 5. The van der Waals surface area contributed by atoms with Gasteiger partial charge in [0.25, 0.3) is 0 Å². The zero-order valence-electron chi connectivity index (χ0n) is 14.3. The monoisotopic (exact) mass is 395 g/mol. The van der Waals surface area contributed by atoms with Crippen molar-refractivity contribution in [2.45, 2.75) is 31.3 Å². The van der Waals surface area contributed by atoms with Crippen molar-refractivity contribution in [2.24, 2.45) is 13.0 Å². The van der Waals surface area contributed by atoms with E-state index in [1.165, 1.54) is 0 Å². The summed E-state index contributed by atoms with van der Waals surface area (Å²) < 4.78 is 3.93. The van der Waals surface area contributed by atoms with Gasteiger partial charge in [0.2, 0.25) is 0 Å². The smallest absolute Gasteiger partial charge is 0.191 e. The van der Waals surface area contributed by atoms with Gasteiger partial charge in [-0.1, -0.05) is 48.8 Å². The van der Waals surface area contributed by atoms with E-state index < -0.39 is 0 Å². The van der Waals surface area contributed by atoms with Crippen LogP contribution in [0.5, 0.6) is 0 Å². The van der Waals surface area contributed by atoms with Crippen LogP contribution in [-0.4, -0.2) is 24.5 Å². The molecule has 0 radical (unpaired) electrons. The van der Waals surface area contributed by atoms with Crippen molar-refractivity contribution >= 4 is 35.0 Å². The molecular formula is C17H19Cl2N5S. The van der Waals surface area contributed by atoms with Crippen LogP contribution >= 0.6 is 35.0 Å². The number of thioether (sulfide) groups is 1. The number of halogens is 2. The minimum absolute atomic E-state index is 0.457. The Morgan fingerprint density at radius 3 is 2.64 bits per heavy atom. The van der Waals surface area contributed by atoms with Gasteiger partial charge in [-0.15, -0.1) is 10.2 Å². The first-order chi connectivity index (χ1) is 11.9. The van der Waals surface area contributed by atoms with Gasteiger partial charge in [0.1, 0.15) is 0 Å². The lowest BCUT2D eigenvalue weighted by Gasteiger charge is -2.13. The van der Waals surface area contributed by atoms with Gasteiger partial charge in [-0.3, -0.25) is 4.68 Å². The van der Waals surface area contributed by atoms with Gasteiger partial charge < -0.3 is 4.57 Å². The normalized spacial score (nSPS) is 11.4. The molecule has 0 fully saturated rings. The van der Waals surface area contributed by atoms with Gasteiger partial charge in [0.05, 0.1) is 11.2 Å². The lowest BCUT2D eigenvalue weighted by Crippen LogP contribution is -2.08. The van der Waals surface area contributed by atoms with Gasteiger partial charge in [-0.05, 0) is 24.1 Å². The molecule has 0 unspecified atom stereocenters. The second-order valence-corrected chi connectivity index (χ2v) is 8.03. The van der Waals surface area contributed by atoms with Crippen LogP contribution < -0.4 is 0 Å². The van der Waals surface area contributed by atoms with Crippen molar-refractivity contribution in [1.82, 2.24) is 24.5 Å². The summed E-state index contributed by atoms with van der Waals surface area (Å²) in [5.74, 6) is 2.01. The summed E-state index contributed by atoms with van der Waals surface area (Å²) in [4.78, 5) is 0. The molecule has 0 amide bonds. The molecule has 0 bridgehead atoms. The summed E-state index contributed by atoms with van der Waals surface area (Å²) in [6.45, 7) is 5.16. The number of hydrogen-bond donors (Lipinski definition) is 0. The van der Waals surface area contributed by atoms with E-state index in [-0.39, 0.29) is 0 Å². The molecule has 1 aromatic carbocycles. The van der Waals surface area contributed by atoms with Gasteiger partial charge in [0, 0.05) is 41.7 Å². The molecule has 5 nitrogen and oxygen atoms in total. The molecule has 0 aliphatic carbocycles. The van der Waals surface area contributed by atoms with Crippen LogP contribution in [0.4, 0.5) is 0 Å². The van der Waals surface area contributed by atoms with Crippen molar-refractivity contribution in [3.8, 4) is 11.4 Å². The third-order valence-electron chi connectivity index (χ3n) is 3.56. The van der Waals surface area contributed by atoms with Crippen molar-refractivity contribution in [3.63, 3.8) is 0 Å². The van der Waals surface area contributed by atoms with Gasteiger partial charge in [0.15, 0.2) is 11.0 Å². The first kappa shape index (κ1) is 18.3. The molecule has 0 N–H and O–H groups in total. The van der Waals surface area contributed by atoms with Crippen LogP contribution in [0.15, 0.2) is 35.7 Å². The molecule has 0 aliphatic heterocycles. The van der Waals surface area contributed by atoms with E-state index in [2.05, 4.69) is 33.7 Å². The molecule has 0 spiro atoms. The van der Waals surface area contributed by atoms with Crippen molar-refractivity contribution < 1.29 is 0 Å². The third-order valence-corrected chi connectivity index (χ3v) is 5.15. The summed E-state index contributed by atoms with van der Waals surface area (Å²) >= 11 is 14.0. The first-order valence-corrected chi connectivity index (χ1v) is 9.67. The Morgan fingerprint density at radius 1 is 1.20 bits per heavy atom. The molecule has 0 atom stereocenters. The SMILES string of the molecule is CC(C)Cn1c(SCc2cnn(C)c2)nnc1-c1ccc(Cl)cc1Cl. The summed E-state index contributed by atoms with van der Waals surface area (Å²) in [6.07, 6.45) is 3.88. The first-order valence-electron chi connectivity index (χ1n) is 7.93. The average molecular weight is 396 g/mol. The molecule has 3 rings (SSSR count). The molecule has 8 heteroatoms. The van der Waals surface area contributed by atoms with E-state index in [0.717, 1.165) is 34.4 Å². The van der Waals surface area contributed by atoms with Crippen LogP contribution in [0, 0.1) is 5.92 Å². The highest BCUT2D eigenvalue weighted by Gasteiger charge is 2.18. The maximum atomic E-state index is 6.37. The summed E-state index contributed by atoms with van der Waals surface area (Å²) in [5.41, 5.74) is 1.99. The Bertz CT molecular complexity index is 872. The molecule has 0 saturated carbocycles. The Labute approximate surface area is 161 Å². The maximum Gasteiger partial charge on any atom is 0.191 e. The fourth-order valence-electron chi connectivity index (χ4n) is 2.49. The molecule has 3 aromatic rings. The van der Waals surface area contributed by atoms with Crippen LogP contribution in [0.1, 0.15) is 19.4 Å². The highest BCUT2D eigenvalue weighted by molar-refractivity contribution is 7.98. The quantitative estimate of drug-likeness (QED) is 0.554. The third kappa shape index (κ3) is 4.37. The lowest BCUT2D eigenvalue weighted by atomic mass is 10.2. The zero-order chi connectivity index (χ0) is 18.0.